The first-order valence-electron chi connectivity index (χ1n) is 8.12. The standard InChI is InChI=1S/C18H20N2O2S/c21-23(22,20-14-11-15-5-1-2-6-18(15)20)17-9-7-16(8-10-17)19-12-3-4-13-19/h1-2,5-10H,3-4,11-14H2. The minimum absolute atomic E-state index is 0.372. The van der Waals surface area contributed by atoms with E-state index in [1.165, 1.54) is 17.1 Å². The summed E-state index contributed by atoms with van der Waals surface area (Å²) in [4.78, 5) is 2.68. The van der Waals surface area contributed by atoms with E-state index in [4.69, 9.17) is 0 Å². The van der Waals surface area contributed by atoms with Crippen LogP contribution < -0.4 is 9.21 Å². The van der Waals surface area contributed by atoms with Gasteiger partial charge < -0.3 is 4.90 Å². The van der Waals surface area contributed by atoms with Crippen molar-refractivity contribution in [2.24, 2.45) is 0 Å². The molecule has 120 valence electrons. The third kappa shape index (κ3) is 2.49. The highest BCUT2D eigenvalue weighted by molar-refractivity contribution is 7.92. The van der Waals surface area contributed by atoms with Crippen LogP contribution in [0.2, 0.25) is 0 Å². The third-order valence-electron chi connectivity index (χ3n) is 4.74. The molecule has 2 aromatic carbocycles. The summed E-state index contributed by atoms with van der Waals surface area (Å²) in [6.07, 6.45) is 3.20. The molecule has 5 heteroatoms. The Labute approximate surface area is 137 Å². The van der Waals surface area contributed by atoms with Gasteiger partial charge in [0.2, 0.25) is 0 Å². The molecule has 2 aromatic rings. The van der Waals surface area contributed by atoms with Crippen molar-refractivity contribution < 1.29 is 8.42 Å². The molecule has 0 aromatic heterocycles. The van der Waals surface area contributed by atoms with Crippen molar-refractivity contribution in [1.82, 2.24) is 0 Å². The van der Waals surface area contributed by atoms with E-state index in [-0.39, 0.29) is 0 Å². The maximum atomic E-state index is 12.9. The van der Waals surface area contributed by atoms with Crippen molar-refractivity contribution in [1.29, 1.82) is 0 Å². The highest BCUT2D eigenvalue weighted by atomic mass is 32.2. The van der Waals surface area contributed by atoms with Crippen LogP contribution in [0, 0.1) is 0 Å². The van der Waals surface area contributed by atoms with Crippen LogP contribution in [0.1, 0.15) is 18.4 Å². The summed E-state index contributed by atoms with van der Waals surface area (Å²) < 4.78 is 27.4. The Bertz CT molecular complexity index is 809. The van der Waals surface area contributed by atoms with Crippen molar-refractivity contribution in [3.63, 3.8) is 0 Å². The lowest BCUT2D eigenvalue weighted by atomic mass is 10.2. The van der Waals surface area contributed by atoms with Crippen LogP contribution >= 0.6 is 0 Å². The van der Waals surface area contributed by atoms with E-state index in [0.717, 1.165) is 36.4 Å². The van der Waals surface area contributed by atoms with Gasteiger partial charge >= 0.3 is 0 Å². The molecule has 0 N–H and O–H groups in total. The van der Waals surface area contributed by atoms with Crippen LogP contribution in [0.5, 0.6) is 0 Å². The van der Waals surface area contributed by atoms with E-state index < -0.39 is 10.0 Å². The molecule has 0 amide bonds. The van der Waals surface area contributed by atoms with E-state index in [9.17, 15) is 8.42 Å². The lowest BCUT2D eigenvalue weighted by Gasteiger charge is -2.21. The summed E-state index contributed by atoms with van der Waals surface area (Å²) in [7, 11) is -3.48. The average Bonchev–Trinajstić information content (AvgIpc) is 3.25. The number of nitrogens with zero attached hydrogens (tertiary/aromatic N) is 2. The molecule has 0 radical (unpaired) electrons. The topological polar surface area (TPSA) is 40.6 Å². The fourth-order valence-corrected chi connectivity index (χ4v) is 4.99. The van der Waals surface area contributed by atoms with E-state index in [2.05, 4.69) is 4.90 Å². The highest BCUT2D eigenvalue weighted by Crippen LogP contribution is 2.33. The van der Waals surface area contributed by atoms with Crippen molar-refractivity contribution in [3.05, 3.63) is 54.1 Å². The Morgan fingerprint density at radius 2 is 1.52 bits per heavy atom. The second-order valence-corrected chi connectivity index (χ2v) is 8.01. The summed E-state index contributed by atoms with van der Waals surface area (Å²) in [5, 5.41) is 0. The minimum atomic E-state index is -3.48. The number of hydrogen-bond acceptors (Lipinski definition) is 3. The Kier molecular flexibility index (Phi) is 3.53. The maximum Gasteiger partial charge on any atom is 0.264 e. The molecule has 4 rings (SSSR count). The van der Waals surface area contributed by atoms with Crippen LogP contribution in [0.3, 0.4) is 0 Å². The normalized spacial score (nSPS) is 17.6. The van der Waals surface area contributed by atoms with Gasteiger partial charge in [-0.2, -0.15) is 0 Å². The fraction of sp³-hybridized carbons (Fsp3) is 0.333. The molecule has 23 heavy (non-hydrogen) atoms. The van der Waals surface area contributed by atoms with E-state index in [0.29, 0.717) is 11.4 Å². The van der Waals surface area contributed by atoms with Gasteiger partial charge in [-0.15, -0.1) is 0 Å². The molecule has 2 aliphatic rings. The molecule has 4 nitrogen and oxygen atoms in total. The zero-order valence-corrected chi connectivity index (χ0v) is 13.8. The quantitative estimate of drug-likeness (QED) is 0.869. The van der Waals surface area contributed by atoms with Crippen LogP contribution in [0.15, 0.2) is 53.4 Å². The fourth-order valence-electron chi connectivity index (χ4n) is 3.49. The van der Waals surface area contributed by atoms with Gasteiger partial charge in [-0.1, -0.05) is 18.2 Å². The van der Waals surface area contributed by atoms with Gasteiger partial charge in [0, 0.05) is 25.3 Å². The predicted molar refractivity (Wildman–Crippen MR) is 92.6 cm³/mol. The first kappa shape index (κ1) is 14.6. The number of sulfonamides is 1. The molecular weight excluding hydrogens is 308 g/mol. The molecule has 0 atom stereocenters. The van der Waals surface area contributed by atoms with Gasteiger partial charge in [0.25, 0.3) is 10.0 Å². The van der Waals surface area contributed by atoms with Crippen molar-refractivity contribution in [3.8, 4) is 0 Å². The number of anilines is 2. The first-order chi connectivity index (χ1) is 11.2. The second kappa shape index (κ2) is 5.57. The Morgan fingerprint density at radius 3 is 2.26 bits per heavy atom. The Hall–Kier alpha value is -2.01. The molecule has 1 fully saturated rings. The van der Waals surface area contributed by atoms with Gasteiger partial charge in [-0.05, 0) is 55.2 Å². The van der Waals surface area contributed by atoms with Gasteiger partial charge in [0.05, 0.1) is 10.6 Å². The molecule has 0 aliphatic carbocycles. The van der Waals surface area contributed by atoms with Gasteiger partial charge in [-0.25, -0.2) is 8.42 Å². The van der Waals surface area contributed by atoms with Crippen LogP contribution in [-0.4, -0.2) is 28.1 Å². The van der Waals surface area contributed by atoms with Gasteiger partial charge in [0.15, 0.2) is 0 Å². The van der Waals surface area contributed by atoms with Crippen molar-refractivity contribution >= 4 is 21.4 Å². The zero-order valence-electron chi connectivity index (χ0n) is 13.0. The summed E-state index contributed by atoms with van der Waals surface area (Å²) in [5.74, 6) is 0. The van der Waals surface area contributed by atoms with E-state index >= 15 is 0 Å². The maximum absolute atomic E-state index is 12.9. The second-order valence-electron chi connectivity index (χ2n) is 6.14. The smallest absolute Gasteiger partial charge is 0.264 e. The lowest BCUT2D eigenvalue weighted by Crippen LogP contribution is -2.29. The predicted octanol–water partition coefficient (Wildman–Crippen LogP) is 3.04. The number of rotatable bonds is 3. The number of fused-ring (bicyclic) bond motifs is 1. The number of para-hydroxylation sites is 1. The molecular formula is C18H20N2O2S. The van der Waals surface area contributed by atoms with Crippen LogP contribution in [0.4, 0.5) is 11.4 Å². The Morgan fingerprint density at radius 1 is 0.826 bits per heavy atom. The van der Waals surface area contributed by atoms with E-state index in [1.807, 2.05) is 36.4 Å². The molecule has 0 saturated carbocycles. The number of hydrogen-bond donors (Lipinski definition) is 0. The summed E-state index contributed by atoms with van der Waals surface area (Å²) in [6.45, 7) is 2.65. The highest BCUT2D eigenvalue weighted by Gasteiger charge is 2.30. The first-order valence-corrected chi connectivity index (χ1v) is 9.56. The van der Waals surface area contributed by atoms with Crippen LogP contribution in [0.25, 0.3) is 0 Å². The van der Waals surface area contributed by atoms with Crippen LogP contribution in [-0.2, 0) is 16.4 Å². The summed E-state index contributed by atoms with van der Waals surface area (Å²) in [6, 6.07) is 15.1. The third-order valence-corrected chi connectivity index (χ3v) is 6.57. The zero-order chi connectivity index (χ0) is 15.9. The Balaban J connectivity index is 1.64. The molecule has 2 heterocycles. The SMILES string of the molecule is O=S(=O)(c1ccc(N2CCCC2)cc1)N1CCc2ccccc21. The molecule has 0 spiro atoms. The molecule has 1 saturated heterocycles. The molecule has 0 unspecified atom stereocenters. The largest absolute Gasteiger partial charge is 0.372 e. The lowest BCUT2D eigenvalue weighted by molar-refractivity contribution is 0.592. The van der Waals surface area contributed by atoms with Crippen molar-refractivity contribution in [2.45, 2.75) is 24.2 Å². The number of benzene rings is 2. The minimum Gasteiger partial charge on any atom is -0.372 e. The van der Waals surface area contributed by atoms with Gasteiger partial charge in [-0.3, -0.25) is 4.31 Å². The van der Waals surface area contributed by atoms with Gasteiger partial charge in [0.1, 0.15) is 0 Å². The monoisotopic (exact) mass is 328 g/mol. The summed E-state index contributed by atoms with van der Waals surface area (Å²) in [5.41, 5.74) is 3.03. The summed E-state index contributed by atoms with van der Waals surface area (Å²) >= 11 is 0. The molecule has 0 bridgehead atoms. The molecule has 2 aliphatic heterocycles. The van der Waals surface area contributed by atoms with E-state index in [1.54, 1.807) is 12.1 Å². The van der Waals surface area contributed by atoms with Crippen molar-refractivity contribution in [2.75, 3.05) is 28.8 Å². The average molecular weight is 328 g/mol.